The molecule has 1 aliphatic rings. The van der Waals surface area contributed by atoms with Gasteiger partial charge in [-0.1, -0.05) is 17.4 Å². The van der Waals surface area contributed by atoms with Gasteiger partial charge < -0.3 is 15.0 Å². The maximum Gasteiger partial charge on any atom is 0.223 e. The standard InChI is InChI=1S/C16H20FN3O2S/c1-22-10-7-18-15(21)11-5-8-20(9-6-11)16-19-14-12(17)3-2-4-13(14)23-16/h2-4,11H,5-10H2,1H3,(H,18,21). The average Bonchev–Trinajstić information content (AvgIpc) is 3.01. The predicted octanol–water partition coefficient (Wildman–Crippen LogP) is 2.41. The number of carbonyl (C=O) groups is 1. The van der Waals surface area contributed by atoms with Crippen LogP contribution in [0.2, 0.25) is 0 Å². The molecule has 0 atom stereocenters. The second-order valence-electron chi connectivity index (χ2n) is 5.63. The Morgan fingerprint density at radius 2 is 2.26 bits per heavy atom. The summed E-state index contributed by atoms with van der Waals surface area (Å²) < 4.78 is 19.5. The molecule has 7 heteroatoms. The smallest absolute Gasteiger partial charge is 0.223 e. The monoisotopic (exact) mass is 337 g/mol. The van der Waals surface area contributed by atoms with Gasteiger partial charge in [0.15, 0.2) is 5.13 Å². The largest absolute Gasteiger partial charge is 0.383 e. The molecule has 5 nitrogen and oxygen atoms in total. The van der Waals surface area contributed by atoms with Crippen molar-refractivity contribution in [1.29, 1.82) is 0 Å². The second-order valence-corrected chi connectivity index (χ2v) is 6.64. The number of hydrogen-bond acceptors (Lipinski definition) is 5. The lowest BCUT2D eigenvalue weighted by molar-refractivity contribution is -0.125. The highest BCUT2D eigenvalue weighted by Gasteiger charge is 2.26. The molecule has 124 valence electrons. The van der Waals surface area contributed by atoms with E-state index in [0.717, 1.165) is 35.8 Å². The molecule has 0 aliphatic carbocycles. The molecule has 2 aromatic rings. The zero-order chi connectivity index (χ0) is 16.2. The Balaban J connectivity index is 1.59. The van der Waals surface area contributed by atoms with E-state index in [9.17, 15) is 9.18 Å². The van der Waals surface area contributed by atoms with Crippen LogP contribution in [0.5, 0.6) is 0 Å². The van der Waals surface area contributed by atoms with E-state index in [1.54, 1.807) is 13.2 Å². The summed E-state index contributed by atoms with van der Waals surface area (Å²) in [5.74, 6) is -0.149. The highest BCUT2D eigenvalue weighted by Crippen LogP contribution is 2.32. The first kappa shape index (κ1) is 16.1. The molecule has 1 amide bonds. The first-order chi connectivity index (χ1) is 11.2. The molecule has 1 saturated heterocycles. The molecule has 2 heterocycles. The topological polar surface area (TPSA) is 54.5 Å². The van der Waals surface area contributed by atoms with Crippen molar-refractivity contribution in [2.75, 3.05) is 38.3 Å². The third-order valence-corrected chi connectivity index (χ3v) is 5.18. The number of piperidine rings is 1. The normalized spacial score (nSPS) is 16.0. The third kappa shape index (κ3) is 3.61. The number of nitrogens with zero attached hydrogens (tertiary/aromatic N) is 2. The third-order valence-electron chi connectivity index (χ3n) is 4.10. The van der Waals surface area contributed by atoms with Crippen LogP contribution in [0.25, 0.3) is 10.2 Å². The molecule has 1 fully saturated rings. The number of nitrogens with one attached hydrogen (secondary N) is 1. The van der Waals surface area contributed by atoms with E-state index in [2.05, 4.69) is 15.2 Å². The zero-order valence-electron chi connectivity index (χ0n) is 13.0. The number of thiazole rings is 1. The Hall–Kier alpha value is -1.73. The Morgan fingerprint density at radius 3 is 2.96 bits per heavy atom. The number of ether oxygens (including phenoxy) is 1. The summed E-state index contributed by atoms with van der Waals surface area (Å²) in [4.78, 5) is 18.6. The van der Waals surface area contributed by atoms with Crippen LogP contribution in [0.1, 0.15) is 12.8 Å². The second kappa shape index (κ2) is 7.23. The number of benzene rings is 1. The van der Waals surface area contributed by atoms with Crippen LogP contribution in [-0.2, 0) is 9.53 Å². The van der Waals surface area contributed by atoms with Crippen molar-refractivity contribution in [3.05, 3.63) is 24.0 Å². The van der Waals surface area contributed by atoms with Gasteiger partial charge in [0.05, 0.1) is 11.3 Å². The maximum atomic E-state index is 13.7. The highest BCUT2D eigenvalue weighted by atomic mass is 32.1. The number of fused-ring (bicyclic) bond motifs is 1. The van der Waals surface area contributed by atoms with Crippen molar-refractivity contribution in [3.63, 3.8) is 0 Å². The Bertz CT molecular complexity index is 683. The first-order valence-electron chi connectivity index (χ1n) is 7.75. The van der Waals surface area contributed by atoms with Crippen molar-refractivity contribution in [2.24, 2.45) is 5.92 Å². The number of methoxy groups -OCH3 is 1. The fourth-order valence-corrected chi connectivity index (χ4v) is 3.82. The van der Waals surface area contributed by atoms with Gasteiger partial charge >= 0.3 is 0 Å². The van der Waals surface area contributed by atoms with Gasteiger partial charge in [0, 0.05) is 32.7 Å². The summed E-state index contributed by atoms with van der Waals surface area (Å²) in [6.07, 6.45) is 1.58. The summed E-state index contributed by atoms with van der Waals surface area (Å²) >= 11 is 1.50. The number of rotatable bonds is 5. The maximum absolute atomic E-state index is 13.7. The van der Waals surface area contributed by atoms with Gasteiger partial charge in [-0.2, -0.15) is 0 Å². The zero-order valence-corrected chi connectivity index (χ0v) is 13.9. The number of para-hydroxylation sites is 1. The lowest BCUT2D eigenvalue weighted by atomic mass is 9.96. The number of carbonyl (C=O) groups excluding carboxylic acids is 1. The van der Waals surface area contributed by atoms with Gasteiger partial charge in [-0.3, -0.25) is 4.79 Å². The predicted molar refractivity (Wildman–Crippen MR) is 89.4 cm³/mol. The van der Waals surface area contributed by atoms with E-state index in [1.165, 1.54) is 17.4 Å². The first-order valence-corrected chi connectivity index (χ1v) is 8.57. The van der Waals surface area contributed by atoms with Gasteiger partial charge in [-0.15, -0.1) is 0 Å². The lowest BCUT2D eigenvalue weighted by Gasteiger charge is -2.31. The van der Waals surface area contributed by atoms with Crippen LogP contribution in [0.3, 0.4) is 0 Å². The van der Waals surface area contributed by atoms with E-state index in [0.29, 0.717) is 18.7 Å². The van der Waals surface area contributed by atoms with Gasteiger partial charge in [0.2, 0.25) is 5.91 Å². The minimum absolute atomic E-state index is 0.0363. The molecule has 0 bridgehead atoms. The Labute approximate surface area is 138 Å². The summed E-state index contributed by atoms with van der Waals surface area (Å²) in [6.45, 7) is 2.61. The van der Waals surface area contributed by atoms with Crippen molar-refractivity contribution in [3.8, 4) is 0 Å². The number of amides is 1. The number of anilines is 1. The van der Waals surface area contributed by atoms with Crippen LogP contribution >= 0.6 is 11.3 Å². The van der Waals surface area contributed by atoms with Crippen LogP contribution in [0, 0.1) is 11.7 Å². The van der Waals surface area contributed by atoms with E-state index < -0.39 is 0 Å². The molecule has 1 aromatic carbocycles. The van der Waals surface area contributed by atoms with Crippen molar-refractivity contribution in [2.45, 2.75) is 12.8 Å². The van der Waals surface area contributed by atoms with Crippen molar-refractivity contribution in [1.82, 2.24) is 10.3 Å². The van der Waals surface area contributed by atoms with E-state index in [1.807, 2.05) is 6.07 Å². The molecular formula is C16H20FN3O2S. The molecule has 3 rings (SSSR count). The fraction of sp³-hybridized carbons (Fsp3) is 0.500. The quantitative estimate of drug-likeness (QED) is 0.852. The van der Waals surface area contributed by atoms with Crippen molar-refractivity contribution < 1.29 is 13.9 Å². The molecule has 1 N–H and O–H groups in total. The molecular weight excluding hydrogens is 317 g/mol. The van der Waals surface area contributed by atoms with E-state index >= 15 is 0 Å². The van der Waals surface area contributed by atoms with Gasteiger partial charge in [-0.25, -0.2) is 9.37 Å². The van der Waals surface area contributed by atoms with Crippen LogP contribution in [0.4, 0.5) is 9.52 Å². The minimum Gasteiger partial charge on any atom is -0.383 e. The number of aromatic nitrogens is 1. The number of halogens is 1. The fourth-order valence-electron chi connectivity index (χ4n) is 2.79. The van der Waals surface area contributed by atoms with E-state index in [-0.39, 0.29) is 17.6 Å². The van der Waals surface area contributed by atoms with Crippen LogP contribution in [0.15, 0.2) is 18.2 Å². The summed E-state index contributed by atoms with van der Waals surface area (Å²) in [5.41, 5.74) is 0.437. The number of hydrogen-bond donors (Lipinski definition) is 1. The Kier molecular flexibility index (Phi) is 5.07. The van der Waals surface area contributed by atoms with Gasteiger partial charge in [0.25, 0.3) is 0 Å². The van der Waals surface area contributed by atoms with Gasteiger partial charge in [-0.05, 0) is 25.0 Å². The average molecular weight is 337 g/mol. The Morgan fingerprint density at radius 1 is 1.48 bits per heavy atom. The molecule has 0 radical (unpaired) electrons. The molecule has 0 unspecified atom stereocenters. The molecule has 1 aromatic heterocycles. The summed E-state index contributed by atoms with van der Waals surface area (Å²) in [6, 6.07) is 5.02. The van der Waals surface area contributed by atoms with Gasteiger partial charge in [0.1, 0.15) is 11.3 Å². The molecule has 0 saturated carbocycles. The summed E-state index contributed by atoms with van der Waals surface area (Å²) in [7, 11) is 1.62. The highest BCUT2D eigenvalue weighted by molar-refractivity contribution is 7.22. The molecule has 1 aliphatic heterocycles. The lowest BCUT2D eigenvalue weighted by Crippen LogP contribution is -2.41. The van der Waals surface area contributed by atoms with E-state index in [4.69, 9.17) is 4.74 Å². The minimum atomic E-state index is -0.280. The van der Waals surface area contributed by atoms with Crippen LogP contribution in [-0.4, -0.2) is 44.2 Å². The SMILES string of the molecule is COCCNC(=O)C1CCN(c2nc3c(F)cccc3s2)CC1. The summed E-state index contributed by atoms with van der Waals surface area (Å²) in [5, 5.41) is 3.73. The molecule has 0 spiro atoms. The van der Waals surface area contributed by atoms with Crippen LogP contribution < -0.4 is 10.2 Å². The molecule has 23 heavy (non-hydrogen) atoms. The van der Waals surface area contributed by atoms with Crippen molar-refractivity contribution >= 4 is 32.6 Å².